The Kier molecular flexibility index (Phi) is 6.83. The number of guanidine groups is 1. The molecule has 0 spiro atoms. The fraction of sp³-hybridized carbons (Fsp3) is 0. The number of thiazole rings is 1. The number of anilines is 3. The first-order valence-electron chi connectivity index (χ1n) is 6.15. The van der Waals surface area contributed by atoms with Crippen LogP contribution < -0.4 is 16.4 Å². The minimum Gasteiger partial charge on any atom is -0.370 e. The largest absolute Gasteiger partial charge is 0.370 e. The van der Waals surface area contributed by atoms with E-state index in [4.69, 9.17) is 11.1 Å². The fourth-order valence-corrected chi connectivity index (χ4v) is 2.46. The summed E-state index contributed by atoms with van der Waals surface area (Å²) < 4.78 is 0. The van der Waals surface area contributed by atoms with Gasteiger partial charge >= 0.3 is 0 Å². The third-order valence-electron chi connectivity index (χ3n) is 2.62. The molecule has 0 saturated heterocycles. The SMILES string of the molecule is Cl.Cl.N=C(N)Nc1nc(-c2c[nH]c(Nc3ccccc3)n2)cs1. The van der Waals surface area contributed by atoms with Crippen molar-refractivity contribution in [1.29, 1.82) is 5.41 Å². The van der Waals surface area contributed by atoms with Crippen molar-refractivity contribution >= 4 is 58.9 Å². The molecule has 0 saturated carbocycles. The Hall–Kier alpha value is -2.29. The molecule has 0 aliphatic carbocycles. The predicted octanol–water partition coefficient (Wildman–Crippen LogP) is 3.43. The molecule has 0 bridgehead atoms. The van der Waals surface area contributed by atoms with Gasteiger partial charge in [-0.25, -0.2) is 9.97 Å². The molecule has 2 heterocycles. The Morgan fingerprint density at radius 2 is 1.87 bits per heavy atom. The number of nitrogens with two attached hydrogens (primary N) is 1. The lowest BCUT2D eigenvalue weighted by molar-refractivity contribution is 1.28. The Balaban J connectivity index is 0.00000132. The molecule has 23 heavy (non-hydrogen) atoms. The van der Waals surface area contributed by atoms with Crippen LogP contribution in [0, 0.1) is 5.41 Å². The van der Waals surface area contributed by atoms with E-state index < -0.39 is 0 Å². The topological polar surface area (TPSA) is 116 Å². The highest BCUT2D eigenvalue weighted by Crippen LogP contribution is 2.24. The van der Waals surface area contributed by atoms with Crippen molar-refractivity contribution in [3.63, 3.8) is 0 Å². The molecule has 3 aromatic rings. The van der Waals surface area contributed by atoms with Gasteiger partial charge in [-0.05, 0) is 12.1 Å². The van der Waals surface area contributed by atoms with E-state index in [1.165, 1.54) is 11.3 Å². The average molecular weight is 372 g/mol. The van der Waals surface area contributed by atoms with Gasteiger partial charge < -0.3 is 21.4 Å². The first kappa shape index (κ1) is 18.8. The summed E-state index contributed by atoms with van der Waals surface area (Å²) >= 11 is 1.37. The molecule has 1 aromatic carbocycles. The second-order valence-electron chi connectivity index (χ2n) is 4.20. The molecular weight excluding hydrogens is 357 g/mol. The molecule has 10 heteroatoms. The first-order chi connectivity index (χ1) is 10.2. The monoisotopic (exact) mass is 371 g/mol. The lowest BCUT2D eigenvalue weighted by atomic mass is 10.3. The van der Waals surface area contributed by atoms with Crippen LogP contribution in [0.3, 0.4) is 0 Å². The predicted molar refractivity (Wildman–Crippen MR) is 99.5 cm³/mol. The van der Waals surface area contributed by atoms with Crippen LogP contribution in [0.15, 0.2) is 41.9 Å². The van der Waals surface area contributed by atoms with Crippen molar-refractivity contribution in [2.45, 2.75) is 0 Å². The number of para-hydroxylation sites is 1. The smallest absolute Gasteiger partial charge is 0.205 e. The van der Waals surface area contributed by atoms with E-state index in [0.29, 0.717) is 11.1 Å². The highest BCUT2D eigenvalue weighted by atomic mass is 35.5. The van der Waals surface area contributed by atoms with Crippen LogP contribution in [0.25, 0.3) is 11.4 Å². The summed E-state index contributed by atoms with van der Waals surface area (Å²) in [5.41, 5.74) is 7.67. The molecule has 0 radical (unpaired) electrons. The van der Waals surface area contributed by atoms with E-state index in [1.54, 1.807) is 6.20 Å². The molecule has 0 aliphatic rings. The molecular formula is C13H15Cl2N7S. The summed E-state index contributed by atoms with van der Waals surface area (Å²) in [4.78, 5) is 11.8. The number of hydrogen-bond acceptors (Lipinski definition) is 5. The van der Waals surface area contributed by atoms with E-state index in [9.17, 15) is 0 Å². The second-order valence-corrected chi connectivity index (χ2v) is 5.06. The molecule has 0 fully saturated rings. The zero-order chi connectivity index (χ0) is 14.7. The molecule has 0 aliphatic heterocycles. The van der Waals surface area contributed by atoms with E-state index in [2.05, 4.69) is 25.6 Å². The minimum atomic E-state index is -0.135. The molecule has 0 unspecified atom stereocenters. The summed E-state index contributed by atoms with van der Waals surface area (Å²) in [6.45, 7) is 0. The highest BCUT2D eigenvalue weighted by Gasteiger charge is 2.09. The van der Waals surface area contributed by atoms with Crippen LogP contribution in [0.4, 0.5) is 16.8 Å². The Morgan fingerprint density at radius 1 is 1.13 bits per heavy atom. The number of aromatic nitrogens is 3. The molecule has 3 rings (SSSR count). The summed E-state index contributed by atoms with van der Waals surface area (Å²) in [5.74, 6) is 0.509. The minimum absolute atomic E-state index is 0. The fourth-order valence-electron chi connectivity index (χ4n) is 1.74. The van der Waals surface area contributed by atoms with Gasteiger partial charge in [0.1, 0.15) is 11.4 Å². The molecule has 0 amide bonds. The zero-order valence-corrected chi connectivity index (χ0v) is 14.2. The van der Waals surface area contributed by atoms with Gasteiger partial charge in [0.25, 0.3) is 0 Å². The second kappa shape index (κ2) is 8.37. The number of nitrogens with one attached hydrogen (secondary N) is 4. The van der Waals surface area contributed by atoms with E-state index >= 15 is 0 Å². The Morgan fingerprint density at radius 3 is 2.57 bits per heavy atom. The van der Waals surface area contributed by atoms with Gasteiger partial charge in [-0.2, -0.15) is 0 Å². The number of aromatic amines is 1. The van der Waals surface area contributed by atoms with Crippen molar-refractivity contribution < 1.29 is 0 Å². The van der Waals surface area contributed by atoms with Crippen LogP contribution in [-0.2, 0) is 0 Å². The van der Waals surface area contributed by atoms with Crippen LogP contribution in [0.2, 0.25) is 0 Å². The average Bonchev–Trinajstić information content (AvgIpc) is 3.08. The number of benzene rings is 1. The van der Waals surface area contributed by atoms with Gasteiger partial charge in [-0.3, -0.25) is 5.41 Å². The van der Waals surface area contributed by atoms with Gasteiger partial charge in [0.05, 0.1) is 0 Å². The Bertz CT molecular complexity index is 757. The van der Waals surface area contributed by atoms with Gasteiger partial charge in [0.15, 0.2) is 11.1 Å². The summed E-state index contributed by atoms with van der Waals surface area (Å²) in [6, 6.07) is 9.77. The molecule has 7 nitrogen and oxygen atoms in total. The maximum Gasteiger partial charge on any atom is 0.205 e. The third-order valence-corrected chi connectivity index (χ3v) is 3.38. The molecule has 6 N–H and O–H groups in total. The number of nitrogens with zero attached hydrogens (tertiary/aromatic N) is 2. The van der Waals surface area contributed by atoms with Gasteiger partial charge in [0.2, 0.25) is 5.95 Å². The summed E-state index contributed by atoms with van der Waals surface area (Å²) in [6.07, 6.45) is 1.78. The number of hydrogen-bond donors (Lipinski definition) is 5. The highest BCUT2D eigenvalue weighted by molar-refractivity contribution is 7.14. The van der Waals surface area contributed by atoms with Gasteiger partial charge in [0, 0.05) is 17.3 Å². The molecule has 2 aromatic heterocycles. The Labute approximate surface area is 149 Å². The zero-order valence-electron chi connectivity index (χ0n) is 11.7. The van der Waals surface area contributed by atoms with E-state index in [1.807, 2.05) is 35.7 Å². The normalized spacial score (nSPS) is 9.39. The van der Waals surface area contributed by atoms with Crippen molar-refractivity contribution in [1.82, 2.24) is 15.0 Å². The number of H-pyrrole nitrogens is 1. The van der Waals surface area contributed by atoms with Gasteiger partial charge in [-0.15, -0.1) is 36.2 Å². The lowest BCUT2D eigenvalue weighted by Crippen LogP contribution is -2.20. The maximum absolute atomic E-state index is 7.18. The molecule has 122 valence electrons. The number of halogens is 2. The molecule has 0 atom stereocenters. The van der Waals surface area contributed by atoms with Crippen LogP contribution in [0.5, 0.6) is 0 Å². The first-order valence-corrected chi connectivity index (χ1v) is 7.03. The van der Waals surface area contributed by atoms with Crippen LogP contribution in [0.1, 0.15) is 0 Å². The van der Waals surface area contributed by atoms with E-state index in [0.717, 1.165) is 17.1 Å². The lowest BCUT2D eigenvalue weighted by Gasteiger charge is -2.00. The number of rotatable bonds is 4. The van der Waals surface area contributed by atoms with Crippen molar-refractivity contribution in [3.8, 4) is 11.4 Å². The van der Waals surface area contributed by atoms with Crippen LogP contribution >= 0.6 is 36.2 Å². The van der Waals surface area contributed by atoms with Crippen molar-refractivity contribution in [2.24, 2.45) is 5.73 Å². The summed E-state index contributed by atoms with van der Waals surface area (Å²) in [5, 5.41) is 15.4. The summed E-state index contributed by atoms with van der Waals surface area (Å²) in [7, 11) is 0. The van der Waals surface area contributed by atoms with Crippen LogP contribution in [-0.4, -0.2) is 20.9 Å². The number of imidazole rings is 1. The third kappa shape index (κ3) is 4.85. The quantitative estimate of drug-likeness (QED) is 0.356. The standard InChI is InChI=1S/C13H13N7S.2ClH/c14-11(15)20-13-19-10(7-21-13)9-6-16-12(18-9)17-8-4-2-1-3-5-8;;/h1-7H,(H2,16,17,18)(H4,14,15,19,20);2*1H. The van der Waals surface area contributed by atoms with Crippen molar-refractivity contribution in [2.75, 3.05) is 10.6 Å². The van der Waals surface area contributed by atoms with Gasteiger partial charge in [-0.1, -0.05) is 18.2 Å². The van der Waals surface area contributed by atoms with Crippen molar-refractivity contribution in [3.05, 3.63) is 41.9 Å². The van der Waals surface area contributed by atoms with E-state index in [-0.39, 0.29) is 30.8 Å². The maximum atomic E-state index is 7.18.